The van der Waals surface area contributed by atoms with Crippen LogP contribution in [0, 0.1) is 0 Å². The Morgan fingerprint density at radius 3 is 2.40 bits per heavy atom. The van der Waals surface area contributed by atoms with Gasteiger partial charge in [0, 0.05) is 28.8 Å². The molecule has 0 aliphatic rings. The second-order valence-electron chi connectivity index (χ2n) is 5.44. The molecule has 1 aromatic heterocycles. The maximum atomic E-state index is 12.2. The fourth-order valence-electron chi connectivity index (χ4n) is 2.23. The summed E-state index contributed by atoms with van der Waals surface area (Å²) >= 11 is 5.91. The topological polar surface area (TPSA) is 66.9 Å². The Kier molecular flexibility index (Phi) is 5.26. The van der Waals surface area contributed by atoms with Crippen LogP contribution in [-0.4, -0.2) is 15.9 Å². The van der Waals surface area contributed by atoms with E-state index in [2.05, 4.69) is 39.7 Å². The predicted octanol–water partition coefficient (Wildman–Crippen LogP) is 4.69. The Labute approximate surface area is 151 Å². The molecule has 5 nitrogen and oxygen atoms in total. The first-order valence-corrected chi connectivity index (χ1v) is 8.27. The van der Waals surface area contributed by atoms with E-state index >= 15 is 0 Å². The molecule has 6 heteroatoms. The number of rotatable bonds is 5. The third kappa shape index (κ3) is 4.55. The van der Waals surface area contributed by atoms with E-state index in [1.165, 1.54) is 18.0 Å². The Bertz CT molecular complexity index is 863. The smallest absolute Gasteiger partial charge is 0.258 e. The standard InChI is InChI=1S/C19H17ClN4O/c1-2-13-6-8-16(9-7-13)24-19-21-11-14(12-22-19)18(25)23-17-5-3-4-15(20)10-17/h3-12H,2H2,1H3,(H,23,25)(H,21,22,24). The van der Waals surface area contributed by atoms with Gasteiger partial charge in [-0.25, -0.2) is 9.97 Å². The van der Waals surface area contributed by atoms with Crippen LogP contribution >= 0.6 is 11.6 Å². The van der Waals surface area contributed by atoms with Crippen LogP contribution in [0.5, 0.6) is 0 Å². The van der Waals surface area contributed by atoms with Crippen LogP contribution in [0.4, 0.5) is 17.3 Å². The molecule has 1 heterocycles. The van der Waals surface area contributed by atoms with Gasteiger partial charge >= 0.3 is 0 Å². The van der Waals surface area contributed by atoms with Crippen molar-refractivity contribution >= 4 is 34.8 Å². The molecule has 0 spiro atoms. The Morgan fingerprint density at radius 1 is 1.04 bits per heavy atom. The fraction of sp³-hybridized carbons (Fsp3) is 0.105. The van der Waals surface area contributed by atoms with Gasteiger partial charge in [-0.15, -0.1) is 0 Å². The average molecular weight is 353 g/mol. The van der Waals surface area contributed by atoms with Crippen LogP contribution in [0.25, 0.3) is 0 Å². The summed E-state index contributed by atoms with van der Waals surface area (Å²) in [5, 5.41) is 6.42. The van der Waals surface area contributed by atoms with Crippen LogP contribution in [-0.2, 0) is 6.42 Å². The molecule has 1 amide bonds. The van der Waals surface area contributed by atoms with Crippen molar-refractivity contribution in [3.05, 3.63) is 77.1 Å². The van der Waals surface area contributed by atoms with Crippen LogP contribution < -0.4 is 10.6 Å². The largest absolute Gasteiger partial charge is 0.324 e. The van der Waals surface area contributed by atoms with E-state index < -0.39 is 0 Å². The molecule has 3 rings (SSSR count). The highest BCUT2D eigenvalue weighted by Crippen LogP contribution is 2.17. The highest BCUT2D eigenvalue weighted by molar-refractivity contribution is 6.30. The third-order valence-electron chi connectivity index (χ3n) is 3.61. The van der Waals surface area contributed by atoms with Crippen LogP contribution in [0.3, 0.4) is 0 Å². The summed E-state index contributed by atoms with van der Waals surface area (Å²) in [4.78, 5) is 20.6. The number of aryl methyl sites for hydroxylation is 1. The summed E-state index contributed by atoms with van der Waals surface area (Å²) in [6.45, 7) is 2.11. The number of halogens is 1. The molecule has 0 saturated carbocycles. The molecule has 0 aliphatic heterocycles. The molecule has 126 valence electrons. The molecule has 0 unspecified atom stereocenters. The zero-order valence-corrected chi connectivity index (χ0v) is 14.4. The molecule has 0 bridgehead atoms. The van der Waals surface area contributed by atoms with Gasteiger partial charge in [-0.3, -0.25) is 4.79 Å². The summed E-state index contributed by atoms with van der Waals surface area (Å²) in [5.74, 6) is 0.143. The van der Waals surface area contributed by atoms with Crippen LogP contribution in [0.1, 0.15) is 22.8 Å². The van der Waals surface area contributed by atoms with Gasteiger partial charge < -0.3 is 10.6 Å². The van der Waals surface area contributed by atoms with Gasteiger partial charge in [0.2, 0.25) is 5.95 Å². The quantitative estimate of drug-likeness (QED) is 0.699. The van der Waals surface area contributed by atoms with Crippen molar-refractivity contribution in [2.24, 2.45) is 0 Å². The first-order valence-electron chi connectivity index (χ1n) is 7.89. The minimum atomic E-state index is -0.291. The summed E-state index contributed by atoms with van der Waals surface area (Å²) in [6.07, 6.45) is 3.96. The maximum Gasteiger partial charge on any atom is 0.258 e. The van der Waals surface area contributed by atoms with E-state index in [1.54, 1.807) is 24.3 Å². The first-order chi connectivity index (χ1) is 12.1. The fourth-order valence-corrected chi connectivity index (χ4v) is 2.42. The Morgan fingerprint density at radius 2 is 1.76 bits per heavy atom. The van der Waals surface area contributed by atoms with Gasteiger partial charge in [-0.05, 0) is 42.3 Å². The number of nitrogens with zero attached hydrogens (tertiary/aromatic N) is 2. The van der Waals surface area contributed by atoms with E-state index in [1.807, 2.05) is 12.1 Å². The van der Waals surface area contributed by atoms with E-state index in [9.17, 15) is 4.79 Å². The summed E-state index contributed by atoms with van der Waals surface area (Å²) in [5.41, 5.74) is 3.15. The number of hydrogen-bond acceptors (Lipinski definition) is 4. The van der Waals surface area contributed by atoms with Crippen molar-refractivity contribution in [2.75, 3.05) is 10.6 Å². The minimum absolute atomic E-state index is 0.291. The number of carbonyl (C=O) groups excluding carboxylic acids is 1. The molecule has 0 fully saturated rings. The van der Waals surface area contributed by atoms with Gasteiger partial charge in [0.05, 0.1) is 5.56 Å². The van der Waals surface area contributed by atoms with E-state index in [0.29, 0.717) is 22.2 Å². The monoisotopic (exact) mass is 352 g/mol. The van der Waals surface area contributed by atoms with Crippen molar-refractivity contribution in [3.63, 3.8) is 0 Å². The zero-order chi connectivity index (χ0) is 17.6. The molecule has 0 radical (unpaired) electrons. The van der Waals surface area contributed by atoms with Crippen molar-refractivity contribution in [1.82, 2.24) is 9.97 Å². The highest BCUT2D eigenvalue weighted by atomic mass is 35.5. The number of nitrogens with one attached hydrogen (secondary N) is 2. The lowest BCUT2D eigenvalue weighted by atomic mass is 10.1. The van der Waals surface area contributed by atoms with Crippen molar-refractivity contribution in [1.29, 1.82) is 0 Å². The molecule has 0 atom stereocenters. The zero-order valence-electron chi connectivity index (χ0n) is 13.7. The van der Waals surface area contributed by atoms with Gasteiger partial charge in [0.1, 0.15) is 0 Å². The lowest BCUT2D eigenvalue weighted by Gasteiger charge is -2.07. The number of anilines is 3. The number of carbonyl (C=O) groups is 1. The van der Waals surface area contributed by atoms with Gasteiger partial charge in [0.15, 0.2) is 0 Å². The number of aromatic nitrogens is 2. The van der Waals surface area contributed by atoms with Crippen LogP contribution in [0.2, 0.25) is 5.02 Å². The van der Waals surface area contributed by atoms with Crippen molar-refractivity contribution < 1.29 is 4.79 Å². The number of hydrogen-bond donors (Lipinski definition) is 2. The molecule has 0 saturated heterocycles. The summed E-state index contributed by atoms with van der Waals surface area (Å²) < 4.78 is 0. The molecule has 0 aliphatic carbocycles. The van der Waals surface area contributed by atoms with Crippen molar-refractivity contribution in [2.45, 2.75) is 13.3 Å². The van der Waals surface area contributed by atoms with Gasteiger partial charge in [-0.2, -0.15) is 0 Å². The molecule has 2 N–H and O–H groups in total. The number of benzene rings is 2. The molecule has 3 aromatic rings. The molecular weight excluding hydrogens is 336 g/mol. The van der Waals surface area contributed by atoms with Crippen LogP contribution in [0.15, 0.2) is 60.9 Å². The van der Waals surface area contributed by atoms with Gasteiger partial charge in [0.25, 0.3) is 5.91 Å². The lowest BCUT2D eigenvalue weighted by Crippen LogP contribution is -2.13. The van der Waals surface area contributed by atoms with Crippen molar-refractivity contribution in [3.8, 4) is 0 Å². The lowest BCUT2D eigenvalue weighted by molar-refractivity contribution is 0.102. The summed E-state index contributed by atoms with van der Waals surface area (Å²) in [7, 11) is 0. The maximum absolute atomic E-state index is 12.2. The average Bonchev–Trinajstić information content (AvgIpc) is 2.63. The normalized spacial score (nSPS) is 10.3. The Balaban J connectivity index is 1.65. The molecular formula is C19H17ClN4O. The molecule has 25 heavy (non-hydrogen) atoms. The van der Waals surface area contributed by atoms with E-state index in [-0.39, 0.29) is 5.91 Å². The second kappa shape index (κ2) is 7.77. The van der Waals surface area contributed by atoms with Gasteiger partial charge in [-0.1, -0.05) is 36.7 Å². The first kappa shape index (κ1) is 16.9. The predicted molar refractivity (Wildman–Crippen MR) is 101 cm³/mol. The SMILES string of the molecule is CCc1ccc(Nc2ncc(C(=O)Nc3cccc(Cl)c3)cn2)cc1. The summed E-state index contributed by atoms with van der Waals surface area (Å²) in [6, 6.07) is 15.0. The third-order valence-corrected chi connectivity index (χ3v) is 3.85. The minimum Gasteiger partial charge on any atom is -0.324 e. The second-order valence-corrected chi connectivity index (χ2v) is 5.87. The Hall–Kier alpha value is -2.92. The highest BCUT2D eigenvalue weighted by Gasteiger charge is 2.08. The van der Waals surface area contributed by atoms with E-state index in [4.69, 9.17) is 11.6 Å². The molecule has 2 aromatic carbocycles. The number of amides is 1. The van der Waals surface area contributed by atoms with E-state index in [0.717, 1.165) is 12.1 Å².